The van der Waals surface area contributed by atoms with Gasteiger partial charge in [0.25, 0.3) is 0 Å². The minimum Gasteiger partial charge on any atom is -0.456 e. The number of nitrogens with zero attached hydrogens (tertiary/aromatic N) is 1. The van der Waals surface area contributed by atoms with Gasteiger partial charge in [-0.2, -0.15) is 0 Å². The van der Waals surface area contributed by atoms with E-state index in [4.69, 9.17) is 33.2 Å². The number of hydrogen-bond acceptors (Lipinski definition) is 17. The van der Waals surface area contributed by atoms with Crippen LogP contribution in [0.5, 0.6) is 0 Å². The fraction of sp³-hybridized carbons (Fsp3) is 0.578. The topological polar surface area (TPSA) is 253 Å². The van der Waals surface area contributed by atoms with E-state index in [9.17, 15) is 39.3 Å². The molecule has 2 saturated carbocycles. The molecule has 2 heterocycles. The van der Waals surface area contributed by atoms with Crippen LogP contribution < -0.4 is 5.32 Å². The SMILES string of the molecule is CCOC(=O)O[C@H]1C(=O)[C@@]2(C)C([C@H](OC(=O)c3ccccc3)[C@]3(O)C[C@H](OC(=O)[C@H](O)[C@@H](NC(=O)OC(C)(C)C)c4ccccn4)C(C)=C1C3(C)C)[C@]1(OC(C)=O)CO[C@@H]1C[C@@H]2O. The van der Waals surface area contributed by atoms with Gasteiger partial charge in [0.15, 0.2) is 23.6 Å². The van der Waals surface area contributed by atoms with E-state index < -0.39 is 119 Å². The van der Waals surface area contributed by atoms with E-state index in [0.29, 0.717) is 0 Å². The van der Waals surface area contributed by atoms with Crippen molar-refractivity contribution < 1.29 is 77.2 Å². The normalized spacial score (nSPS) is 31.8. The lowest BCUT2D eigenvalue weighted by Gasteiger charge is -2.67. The molecule has 1 unspecified atom stereocenters. The van der Waals surface area contributed by atoms with Crippen molar-refractivity contribution in [2.75, 3.05) is 13.2 Å². The number of aromatic nitrogens is 1. The molecular weight excluding hydrogens is 824 g/mol. The highest BCUT2D eigenvalue weighted by atomic mass is 16.7. The molecule has 0 radical (unpaired) electrons. The van der Waals surface area contributed by atoms with Gasteiger partial charge >= 0.3 is 30.2 Å². The van der Waals surface area contributed by atoms with E-state index in [-0.39, 0.29) is 42.0 Å². The van der Waals surface area contributed by atoms with Gasteiger partial charge in [-0.15, -0.1) is 0 Å². The zero-order chi connectivity index (χ0) is 46.4. The fourth-order valence-electron chi connectivity index (χ4n) is 9.75. The van der Waals surface area contributed by atoms with E-state index in [1.807, 2.05) is 0 Å². The van der Waals surface area contributed by atoms with Crippen LogP contribution in [-0.4, -0.2) is 123 Å². The number of hydrogen-bond donors (Lipinski definition) is 4. The number of alkyl carbamates (subject to hydrolysis) is 1. The average Bonchev–Trinajstić information content (AvgIpc) is 3.20. The number of ether oxygens (including phenoxy) is 7. The predicted molar refractivity (Wildman–Crippen MR) is 217 cm³/mol. The first-order valence-electron chi connectivity index (χ1n) is 20.8. The Hall–Kier alpha value is -5.43. The zero-order valence-corrected chi connectivity index (χ0v) is 36.7. The molecule has 0 spiro atoms. The van der Waals surface area contributed by atoms with Crippen LogP contribution in [0.3, 0.4) is 0 Å². The molecule has 63 heavy (non-hydrogen) atoms. The standard InChI is InChI=1S/C45H56N2O16/c1-10-57-40(55)60-33-30-23(2)27(59-38(53)32(50)31(26-18-14-15-19-46-26)47-39(54)63-41(4,5)6)21-45(56,42(30,7)8)36(61-37(52)25-16-12-11-13-17-25)34-43(9,35(33)51)28(49)20-29-44(34,22-58-29)62-24(3)48/h11-19,27-29,31-34,36,49-50,56H,10,20-22H2,1-9H3,(H,47,54)/t27-,28-,29+,31-,32+,33+,34?,36-,43+,44-,45+/m0/s1. The Labute approximate surface area is 364 Å². The molecule has 11 atom stereocenters. The smallest absolute Gasteiger partial charge is 0.456 e. The highest BCUT2D eigenvalue weighted by Gasteiger charge is 2.78. The van der Waals surface area contributed by atoms with Gasteiger partial charge in [-0.1, -0.05) is 38.1 Å². The molecule has 3 aliphatic carbocycles. The van der Waals surface area contributed by atoms with Crippen LogP contribution in [0.1, 0.15) is 97.2 Å². The Bertz CT molecular complexity index is 2140. The molecular formula is C45H56N2O16. The van der Waals surface area contributed by atoms with Gasteiger partial charge in [-0.25, -0.2) is 19.2 Å². The van der Waals surface area contributed by atoms with E-state index in [0.717, 1.165) is 6.92 Å². The number of benzene rings is 1. The quantitative estimate of drug-likeness (QED) is 0.150. The van der Waals surface area contributed by atoms with Crippen LogP contribution in [0.25, 0.3) is 0 Å². The molecule has 1 aliphatic heterocycles. The zero-order valence-electron chi connectivity index (χ0n) is 36.7. The molecule has 2 bridgehead atoms. The number of Topliss-reactive ketones (excluding diaryl/α,β-unsaturated/α-hetero) is 1. The van der Waals surface area contributed by atoms with E-state index in [1.165, 1.54) is 59.0 Å². The number of nitrogens with one attached hydrogen (secondary N) is 1. The Balaban J connectivity index is 1.55. The predicted octanol–water partition coefficient (Wildman–Crippen LogP) is 3.84. The molecule has 6 rings (SSSR count). The van der Waals surface area contributed by atoms with Crippen LogP contribution in [-0.2, 0) is 47.5 Å². The fourth-order valence-corrected chi connectivity index (χ4v) is 9.75. The molecule has 1 amide bonds. The minimum absolute atomic E-state index is 0.0451. The first kappa shape index (κ1) is 47.1. The van der Waals surface area contributed by atoms with Crippen LogP contribution in [0.2, 0.25) is 0 Å². The van der Waals surface area contributed by atoms with Gasteiger partial charge in [-0.3, -0.25) is 14.6 Å². The maximum atomic E-state index is 15.6. The number of rotatable bonds is 10. The number of aliphatic hydroxyl groups excluding tert-OH is 2. The molecule has 18 nitrogen and oxygen atoms in total. The third-order valence-corrected chi connectivity index (χ3v) is 12.9. The van der Waals surface area contributed by atoms with E-state index in [2.05, 4.69) is 10.3 Å². The van der Waals surface area contributed by atoms with Crippen molar-refractivity contribution in [3.8, 4) is 0 Å². The lowest BCUT2D eigenvalue weighted by molar-refractivity contribution is -0.346. The van der Waals surface area contributed by atoms with E-state index >= 15 is 4.79 Å². The Morgan fingerprint density at radius 3 is 2.24 bits per heavy atom. The number of carbonyl (C=O) groups excluding carboxylic acids is 6. The summed E-state index contributed by atoms with van der Waals surface area (Å²) < 4.78 is 40.7. The molecule has 4 N–H and O–H groups in total. The van der Waals surface area contributed by atoms with Crippen LogP contribution >= 0.6 is 0 Å². The third kappa shape index (κ3) is 8.41. The van der Waals surface area contributed by atoms with Gasteiger partial charge in [-0.05, 0) is 77.0 Å². The molecule has 2 aromatic rings. The first-order chi connectivity index (χ1) is 29.4. The lowest BCUT2D eigenvalue weighted by atomic mass is 9.44. The monoisotopic (exact) mass is 880 g/mol. The molecule has 18 heteroatoms. The van der Waals surface area contributed by atoms with Crippen molar-refractivity contribution in [1.82, 2.24) is 10.3 Å². The summed E-state index contributed by atoms with van der Waals surface area (Å²) in [5.74, 6) is -5.63. The van der Waals surface area contributed by atoms with Crippen LogP contribution in [0.4, 0.5) is 9.59 Å². The largest absolute Gasteiger partial charge is 0.509 e. The maximum Gasteiger partial charge on any atom is 0.509 e. The van der Waals surface area contributed by atoms with Gasteiger partial charge < -0.3 is 53.8 Å². The first-order valence-corrected chi connectivity index (χ1v) is 20.8. The summed E-state index contributed by atoms with van der Waals surface area (Å²) in [6, 6.07) is 10.8. The number of aliphatic hydroxyl groups is 3. The average molecular weight is 881 g/mol. The summed E-state index contributed by atoms with van der Waals surface area (Å²) in [6.07, 6.45) is -12.0. The summed E-state index contributed by atoms with van der Waals surface area (Å²) >= 11 is 0. The highest BCUT2D eigenvalue weighted by molar-refractivity contribution is 5.95. The summed E-state index contributed by atoms with van der Waals surface area (Å²) in [7, 11) is 0. The number of esters is 3. The number of pyridine rings is 1. The molecule has 1 saturated heterocycles. The molecule has 3 fully saturated rings. The Kier molecular flexibility index (Phi) is 12.9. The summed E-state index contributed by atoms with van der Waals surface area (Å²) in [4.78, 5) is 87.7. The minimum atomic E-state index is -2.45. The van der Waals surface area contributed by atoms with Gasteiger partial charge in [0.2, 0.25) is 0 Å². The Morgan fingerprint density at radius 1 is 1.00 bits per heavy atom. The van der Waals surface area contributed by atoms with Crippen molar-refractivity contribution >= 4 is 35.9 Å². The summed E-state index contributed by atoms with van der Waals surface area (Å²) in [6.45, 7) is 12.9. The van der Waals surface area contributed by atoms with Gasteiger partial charge in [0, 0.05) is 31.4 Å². The number of carbonyl (C=O) groups is 6. The van der Waals surface area contributed by atoms with Crippen LogP contribution in [0.15, 0.2) is 65.9 Å². The van der Waals surface area contributed by atoms with Gasteiger partial charge in [0.05, 0.1) is 41.9 Å². The molecule has 4 aliphatic rings. The van der Waals surface area contributed by atoms with Crippen molar-refractivity contribution in [3.63, 3.8) is 0 Å². The molecule has 1 aromatic heterocycles. The van der Waals surface area contributed by atoms with Crippen molar-refractivity contribution in [1.29, 1.82) is 0 Å². The van der Waals surface area contributed by atoms with Crippen LogP contribution in [0, 0.1) is 16.7 Å². The van der Waals surface area contributed by atoms with Gasteiger partial charge in [0.1, 0.15) is 35.6 Å². The summed E-state index contributed by atoms with van der Waals surface area (Å²) in [5.41, 5.74) is -8.97. The second kappa shape index (κ2) is 17.3. The van der Waals surface area contributed by atoms with E-state index in [1.54, 1.807) is 51.1 Å². The number of fused-ring (bicyclic) bond motifs is 5. The molecule has 342 valence electrons. The highest BCUT2D eigenvalue weighted by Crippen LogP contribution is 2.64. The number of amides is 1. The second-order valence-corrected chi connectivity index (χ2v) is 18.2. The molecule has 1 aromatic carbocycles. The maximum absolute atomic E-state index is 15.6. The lowest BCUT2D eigenvalue weighted by Crippen LogP contribution is -2.82. The Morgan fingerprint density at radius 2 is 1.67 bits per heavy atom. The van der Waals surface area contributed by atoms with Crippen molar-refractivity contribution in [3.05, 3.63) is 77.1 Å². The second-order valence-electron chi connectivity index (χ2n) is 18.2. The third-order valence-electron chi connectivity index (χ3n) is 12.9. The number of ketones is 1. The van der Waals surface area contributed by atoms with Crippen molar-refractivity contribution in [2.45, 2.75) is 135 Å². The summed E-state index contributed by atoms with van der Waals surface area (Å²) in [5, 5.41) is 40.0. The van der Waals surface area contributed by atoms with Crippen molar-refractivity contribution in [2.24, 2.45) is 16.7 Å².